The monoisotopic (exact) mass is 257 g/mol. The van der Waals surface area contributed by atoms with E-state index in [1.54, 1.807) is 13.1 Å². The van der Waals surface area contributed by atoms with Crippen LogP contribution in [0.1, 0.15) is 12.5 Å². The average Bonchev–Trinajstić information content (AvgIpc) is 2.39. The first-order valence-corrected chi connectivity index (χ1v) is 5.94. The summed E-state index contributed by atoms with van der Waals surface area (Å²) in [4.78, 5) is 26.8. The van der Waals surface area contributed by atoms with Crippen LogP contribution in [0.15, 0.2) is 35.4 Å². The van der Waals surface area contributed by atoms with E-state index in [-0.39, 0.29) is 11.5 Å². The van der Waals surface area contributed by atoms with Gasteiger partial charge in [0.2, 0.25) is 5.91 Å². The summed E-state index contributed by atoms with van der Waals surface area (Å²) in [5.41, 5.74) is 1.52. The van der Waals surface area contributed by atoms with Crippen molar-refractivity contribution >= 4 is 22.9 Å². The molecule has 0 saturated heterocycles. The van der Waals surface area contributed by atoms with Crippen LogP contribution in [0.5, 0.6) is 0 Å². The zero-order chi connectivity index (χ0) is 13.8. The van der Waals surface area contributed by atoms with Gasteiger partial charge in [0.15, 0.2) is 0 Å². The molecule has 0 fully saturated rings. The first-order valence-electron chi connectivity index (χ1n) is 5.94. The number of carbonyl (C=O) groups is 1. The van der Waals surface area contributed by atoms with Gasteiger partial charge in [-0.1, -0.05) is 18.2 Å². The number of rotatable bonds is 3. The lowest BCUT2D eigenvalue weighted by Gasteiger charge is -2.01. The number of amides is 1. The molecular formula is C14H15N3O2. The zero-order valence-corrected chi connectivity index (χ0v) is 10.9. The maximum absolute atomic E-state index is 11.9. The van der Waals surface area contributed by atoms with Crippen LogP contribution < -0.4 is 10.9 Å². The molecule has 5 nitrogen and oxygen atoms in total. The van der Waals surface area contributed by atoms with Crippen molar-refractivity contribution in [3.8, 4) is 0 Å². The molecule has 0 unspecified atom stereocenters. The number of benzene rings is 1. The van der Waals surface area contributed by atoms with Gasteiger partial charge in [-0.25, -0.2) is 4.98 Å². The van der Waals surface area contributed by atoms with E-state index in [2.05, 4.69) is 10.3 Å². The third-order valence-electron chi connectivity index (χ3n) is 2.72. The quantitative estimate of drug-likeness (QED) is 0.895. The van der Waals surface area contributed by atoms with Crippen molar-refractivity contribution in [2.45, 2.75) is 6.92 Å². The number of nitrogens with one attached hydrogen (secondary N) is 1. The Kier molecular flexibility index (Phi) is 3.75. The first kappa shape index (κ1) is 13.0. The highest BCUT2D eigenvalue weighted by atomic mass is 16.1. The van der Waals surface area contributed by atoms with Gasteiger partial charge in [0, 0.05) is 20.5 Å². The summed E-state index contributed by atoms with van der Waals surface area (Å²) in [7, 11) is 1.67. The summed E-state index contributed by atoms with van der Waals surface area (Å²) in [6.45, 7) is 1.94. The Morgan fingerprint density at radius 1 is 1.47 bits per heavy atom. The van der Waals surface area contributed by atoms with E-state index < -0.39 is 0 Å². The second kappa shape index (κ2) is 5.48. The standard InChI is InChI=1S/C14H15N3O2/c1-10(18)15-7-3-4-11-5-6-13-12(8-11)14(19)17(2)9-16-13/h3-6,8-9H,7H2,1-2H3,(H,15,18). The van der Waals surface area contributed by atoms with E-state index in [0.29, 0.717) is 17.4 Å². The van der Waals surface area contributed by atoms with Gasteiger partial charge in [0.25, 0.3) is 5.56 Å². The molecule has 2 rings (SSSR count). The van der Waals surface area contributed by atoms with Crippen LogP contribution in [0.4, 0.5) is 0 Å². The van der Waals surface area contributed by atoms with E-state index in [0.717, 1.165) is 5.56 Å². The summed E-state index contributed by atoms with van der Waals surface area (Å²) in [5.74, 6) is -0.0683. The summed E-state index contributed by atoms with van der Waals surface area (Å²) < 4.78 is 1.45. The largest absolute Gasteiger partial charge is 0.353 e. The smallest absolute Gasteiger partial charge is 0.260 e. The SMILES string of the molecule is CC(=O)NCC=Cc1ccc2ncn(C)c(=O)c2c1. The summed E-state index contributed by atoms with van der Waals surface area (Å²) in [6, 6.07) is 5.50. The van der Waals surface area contributed by atoms with Crippen molar-refractivity contribution in [3.05, 3.63) is 46.5 Å². The van der Waals surface area contributed by atoms with Crippen molar-refractivity contribution in [1.29, 1.82) is 0 Å². The second-order valence-electron chi connectivity index (χ2n) is 4.28. The fourth-order valence-electron chi connectivity index (χ4n) is 1.73. The Hall–Kier alpha value is -2.43. The van der Waals surface area contributed by atoms with Crippen molar-refractivity contribution in [1.82, 2.24) is 14.9 Å². The van der Waals surface area contributed by atoms with Crippen LogP contribution >= 0.6 is 0 Å². The molecule has 0 spiro atoms. The number of nitrogens with zero attached hydrogens (tertiary/aromatic N) is 2. The van der Waals surface area contributed by atoms with E-state index >= 15 is 0 Å². The van der Waals surface area contributed by atoms with E-state index in [4.69, 9.17) is 0 Å². The molecule has 19 heavy (non-hydrogen) atoms. The molecule has 0 saturated carbocycles. The molecule has 1 aromatic carbocycles. The summed E-state index contributed by atoms with van der Waals surface area (Å²) in [6.07, 6.45) is 5.21. The maximum Gasteiger partial charge on any atom is 0.260 e. The first-order chi connectivity index (χ1) is 9.08. The fourth-order valence-corrected chi connectivity index (χ4v) is 1.73. The lowest BCUT2D eigenvalue weighted by atomic mass is 10.1. The van der Waals surface area contributed by atoms with Crippen molar-refractivity contribution in [2.75, 3.05) is 6.54 Å². The normalized spacial score (nSPS) is 11.1. The Balaban J connectivity index is 2.28. The third kappa shape index (κ3) is 3.07. The molecule has 0 radical (unpaired) electrons. The van der Waals surface area contributed by atoms with Gasteiger partial charge in [-0.2, -0.15) is 0 Å². The van der Waals surface area contributed by atoms with Crippen molar-refractivity contribution in [2.24, 2.45) is 7.05 Å². The van der Waals surface area contributed by atoms with E-state index in [9.17, 15) is 9.59 Å². The van der Waals surface area contributed by atoms with E-state index in [1.807, 2.05) is 24.3 Å². The molecule has 1 amide bonds. The number of hydrogen-bond acceptors (Lipinski definition) is 3. The van der Waals surface area contributed by atoms with Crippen molar-refractivity contribution in [3.63, 3.8) is 0 Å². The molecular weight excluding hydrogens is 242 g/mol. The summed E-state index contributed by atoms with van der Waals surface area (Å²) >= 11 is 0. The van der Waals surface area contributed by atoms with Gasteiger partial charge in [-0.05, 0) is 17.7 Å². The van der Waals surface area contributed by atoms with Crippen LogP contribution in [0, 0.1) is 0 Å². The Morgan fingerprint density at radius 3 is 3.00 bits per heavy atom. The highest BCUT2D eigenvalue weighted by Crippen LogP contribution is 2.10. The van der Waals surface area contributed by atoms with Crippen LogP contribution in [0.2, 0.25) is 0 Å². The maximum atomic E-state index is 11.9. The molecule has 0 atom stereocenters. The molecule has 0 aliphatic heterocycles. The minimum Gasteiger partial charge on any atom is -0.353 e. The Labute approximate surface area is 110 Å². The van der Waals surface area contributed by atoms with Gasteiger partial charge < -0.3 is 9.88 Å². The Morgan fingerprint density at radius 2 is 2.26 bits per heavy atom. The summed E-state index contributed by atoms with van der Waals surface area (Å²) in [5, 5.41) is 3.26. The fraction of sp³-hybridized carbons (Fsp3) is 0.214. The molecule has 98 valence electrons. The van der Waals surface area contributed by atoms with Crippen LogP contribution in [-0.2, 0) is 11.8 Å². The van der Waals surface area contributed by atoms with Gasteiger partial charge in [-0.15, -0.1) is 0 Å². The molecule has 5 heteroatoms. The molecule has 1 heterocycles. The van der Waals surface area contributed by atoms with Gasteiger partial charge in [0.05, 0.1) is 17.2 Å². The van der Waals surface area contributed by atoms with E-state index in [1.165, 1.54) is 17.8 Å². The minimum atomic E-state index is -0.0683. The molecule has 1 aromatic heterocycles. The molecule has 0 bridgehead atoms. The predicted octanol–water partition coefficient (Wildman–Crippen LogP) is 1.08. The molecule has 1 N–H and O–H groups in total. The number of carbonyl (C=O) groups excluding carboxylic acids is 1. The lowest BCUT2D eigenvalue weighted by molar-refractivity contribution is -0.118. The number of fused-ring (bicyclic) bond motifs is 1. The molecule has 0 aliphatic carbocycles. The van der Waals surface area contributed by atoms with Gasteiger partial charge >= 0.3 is 0 Å². The second-order valence-corrected chi connectivity index (χ2v) is 4.28. The number of aromatic nitrogens is 2. The van der Waals surface area contributed by atoms with Gasteiger partial charge in [-0.3, -0.25) is 9.59 Å². The van der Waals surface area contributed by atoms with Crippen LogP contribution in [-0.4, -0.2) is 22.0 Å². The predicted molar refractivity (Wildman–Crippen MR) is 74.7 cm³/mol. The lowest BCUT2D eigenvalue weighted by Crippen LogP contribution is -2.19. The van der Waals surface area contributed by atoms with Crippen molar-refractivity contribution < 1.29 is 4.79 Å². The van der Waals surface area contributed by atoms with Crippen LogP contribution in [0.25, 0.3) is 17.0 Å². The number of hydrogen-bond donors (Lipinski definition) is 1. The topological polar surface area (TPSA) is 64.0 Å². The molecule has 2 aromatic rings. The Bertz CT molecular complexity index is 701. The average molecular weight is 257 g/mol. The molecule has 0 aliphatic rings. The van der Waals surface area contributed by atoms with Gasteiger partial charge in [0.1, 0.15) is 0 Å². The minimum absolute atomic E-state index is 0.0675. The highest BCUT2D eigenvalue weighted by Gasteiger charge is 2.01. The van der Waals surface area contributed by atoms with Crippen LogP contribution in [0.3, 0.4) is 0 Å². The third-order valence-corrected chi connectivity index (χ3v) is 2.72. The number of aryl methyl sites for hydroxylation is 1. The highest BCUT2D eigenvalue weighted by molar-refractivity contribution is 5.80. The zero-order valence-electron chi connectivity index (χ0n) is 10.9.